The number of hydrogen-bond acceptors (Lipinski definition) is 5. The summed E-state index contributed by atoms with van der Waals surface area (Å²) in [6.45, 7) is 3.86. The first kappa shape index (κ1) is 19.0. The second-order valence-corrected chi connectivity index (χ2v) is 5.11. The van der Waals surface area contributed by atoms with Gasteiger partial charge in [-0.1, -0.05) is 24.3 Å². The van der Waals surface area contributed by atoms with Gasteiger partial charge in [0.1, 0.15) is 0 Å². The number of benzene rings is 2. The summed E-state index contributed by atoms with van der Waals surface area (Å²) in [4.78, 5) is 36.3. The van der Waals surface area contributed by atoms with Crippen molar-refractivity contribution in [2.45, 2.75) is 13.8 Å². The fourth-order valence-electron chi connectivity index (χ4n) is 2.23. The molecule has 0 bridgehead atoms. The van der Waals surface area contributed by atoms with E-state index in [1.54, 1.807) is 62.4 Å². The monoisotopic (exact) mass is 356 g/mol. The van der Waals surface area contributed by atoms with Crippen LogP contribution >= 0.6 is 0 Å². The van der Waals surface area contributed by atoms with Gasteiger partial charge < -0.3 is 20.1 Å². The van der Waals surface area contributed by atoms with Gasteiger partial charge in [0.05, 0.1) is 35.7 Å². The maximum absolute atomic E-state index is 12.3. The molecule has 0 atom stereocenters. The summed E-state index contributed by atoms with van der Waals surface area (Å²) in [6.07, 6.45) is 0. The topological polar surface area (TPSA) is 93.7 Å². The molecule has 0 aliphatic rings. The highest BCUT2D eigenvalue weighted by Crippen LogP contribution is 2.19. The Morgan fingerprint density at radius 1 is 0.731 bits per heavy atom. The molecule has 0 aliphatic carbocycles. The lowest BCUT2D eigenvalue weighted by molar-refractivity contribution is 0.0518. The first-order chi connectivity index (χ1) is 12.6. The van der Waals surface area contributed by atoms with Gasteiger partial charge in [-0.05, 0) is 38.1 Å². The number of carbonyl (C=O) groups excluding carboxylic acids is 3. The van der Waals surface area contributed by atoms with E-state index in [1.807, 2.05) is 0 Å². The van der Waals surface area contributed by atoms with Crippen LogP contribution in [-0.2, 0) is 9.47 Å². The summed E-state index contributed by atoms with van der Waals surface area (Å²) in [5.74, 6) is -1.06. The van der Waals surface area contributed by atoms with E-state index in [1.165, 1.54) is 0 Å². The standard InChI is InChI=1S/C19H20N2O5/c1-3-25-17(22)13-9-5-7-11-15(13)20-19(24)21-16-12-8-6-10-14(16)18(23)26-4-2/h5-12H,3-4H2,1-2H3,(H2,20,21,24). The zero-order valence-electron chi connectivity index (χ0n) is 14.6. The molecule has 0 unspecified atom stereocenters. The van der Waals surface area contributed by atoms with Crippen molar-refractivity contribution in [3.8, 4) is 0 Å². The van der Waals surface area contributed by atoms with Gasteiger partial charge in [-0.25, -0.2) is 14.4 Å². The van der Waals surface area contributed by atoms with Crippen LogP contribution in [-0.4, -0.2) is 31.2 Å². The van der Waals surface area contributed by atoms with Crippen molar-refractivity contribution in [1.29, 1.82) is 0 Å². The zero-order valence-corrected chi connectivity index (χ0v) is 14.6. The van der Waals surface area contributed by atoms with E-state index in [9.17, 15) is 14.4 Å². The highest BCUT2D eigenvalue weighted by Gasteiger charge is 2.16. The molecule has 136 valence electrons. The molecule has 0 fully saturated rings. The third kappa shape index (κ3) is 4.83. The van der Waals surface area contributed by atoms with Gasteiger partial charge in [-0.15, -0.1) is 0 Å². The van der Waals surface area contributed by atoms with Crippen LogP contribution in [0.15, 0.2) is 48.5 Å². The average Bonchev–Trinajstić information content (AvgIpc) is 2.63. The summed E-state index contributed by atoms with van der Waals surface area (Å²) in [7, 11) is 0. The Kier molecular flexibility index (Phi) is 6.73. The highest BCUT2D eigenvalue weighted by molar-refractivity contribution is 6.07. The second-order valence-electron chi connectivity index (χ2n) is 5.11. The Bertz CT molecular complexity index is 739. The summed E-state index contributed by atoms with van der Waals surface area (Å²) >= 11 is 0. The number of hydrogen-bond donors (Lipinski definition) is 2. The van der Waals surface area contributed by atoms with E-state index in [-0.39, 0.29) is 24.3 Å². The number of para-hydroxylation sites is 2. The molecular formula is C19H20N2O5. The van der Waals surface area contributed by atoms with E-state index < -0.39 is 18.0 Å². The van der Waals surface area contributed by atoms with Crippen molar-refractivity contribution in [1.82, 2.24) is 0 Å². The highest BCUT2D eigenvalue weighted by atomic mass is 16.5. The minimum atomic E-state index is -0.599. The smallest absolute Gasteiger partial charge is 0.340 e. The lowest BCUT2D eigenvalue weighted by Gasteiger charge is -2.13. The third-order valence-electron chi connectivity index (χ3n) is 3.34. The van der Waals surface area contributed by atoms with Gasteiger partial charge >= 0.3 is 18.0 Å². The first-order valence-corrected chi connectivity index (χ1v) is 8.17. The van der Waals surface area contributed by atoms with Crippen LogP contribution in [0.4, 0.5) is 16.2 Å². The maximum atomic E-state index is 12.3. The van der Waals surface area contributed by atoms with Crippen LogP contribution in [0.5, 0.6) is 0 Å². The van der Waals surface area contributed by atoms with E-state index >= 15 is 0 Å². The molecule has 7 nitrogen and oxygen atoms in total. The van der Waals surface area contributed by atoms with Crippen LogP contribution in [0, 0.1) is 0 Å². The number of carbonyl (C=O) groups is 3. The minimum absolute atomic E-state index is 0.228. The van der Waals surface area contributed by atoms with Crippen molar-refractivity contribution in [2.75, 3.05) is 23.8 Å². The molecule has 0 aromatic heterocycles. The average molecular weight is 356 g/mol. The van der Waals surface area contributed by atoms with Gasteiger partial charge in [0.2, 0.25) is 0 Å². The molecular weight excluding hydrogens is 336 g/mol. The van der Waals surface area contributed by atoms with Gasteiger partial charge in [0.25, 0.3) is 0 Å². The van der Waals surface area contributed by atoms with E-state index in [2.05, 4.69) is 10.6 Å². The number of urea groups is 1. The van der Waals surface area contributed by atoms with Crippen LogP contribution in [0.1, 0.15) is 34.6 Å². The number of esters is 2. The lowest BCUT2D eigenvalue weighted by atomic mass is 10.1. The molecule has 2 N–H and O–H groups in total. The predicted molar refractivity (Wildman–Crippen MR) is 97.4 cm³/mol. The number of amides is 2. The Morgan fingerprint density at radius 3 is 1.50 bits per heavy atom. The maximum Gasteiger partial charge on any atom is 0.340 e. The van der Waals surface area contributed by atoms with Gasteiger partial charge in [0, 0.05) is 0 Å². The van der Waals surface area contributed by atoms with Crippen molar-refractivity contribution < 1.29 is 23.9 Å². The second kappa shape index (κ2) is 9.22. The van der Waals surface area contributed by atoms with E-state index in [4.69, 9.17) is 9.47 Å². The van der Waals surface area contributed by atoms with Gasteiger partial charge in [-0.3, -0.25) is 0 Å². The Labute approximate surface area is 151 Å². The molecule has 0 saturated heterocycles. The Morgan fingerprint density at radius 2 is 1.12 bits per heavy atom. The number of anilines is 2. The van der Waals surface area contributed by atoms with Crippen LogP contribution < -0.4 is 10.6 Å². The Balaban J connectivity index is 2.16. The quantitative estimate of drug-likeness (QED) is 0.770. The van der Waals surface area contributed by atoms with Gasteiger partial charge in [0.15, 0.2) is 0 Å². The minimum Gasteiger partial charge on any atom is -0.462 e. The van der Waals surface area contributed by atoms with Gasteiger partial charge in [-0.2, -0.15) is 0 Å². The predicted octanol–water partition coefficient (Wildman–Crippen LogP) is 3.68. The van der Waals surface area contributed by atoms with Crippen molar-refractivity contribution in [2.24, 2.45) is 0 Å². The summed E-state index contributed by atoms with van der Waals surface area (Å²) in [5.41, 5.74) is 1.08. The Hall–Kier alpha value is -3.35. The first-order valence-electron chi connectivity index (χ1n) is 8.17. The molecule has 2 amide bonds. The molecule has 0 heterocycles. The molecule has 0 saturated carbocycles. The molecule has 2 aromatic rings. The third-order valence-corrected chi connectivity index (χ3v) is 3.34. The summed E-state index contributed by atoms with van der Waals surface area (Å²) in [6, 6.07) is 12.4. The van der Waals surface area contributed by atoms with Crippen LogP contribution in [0.3, 0.4) is 0 Å². The fourth-order valence-corrected chi connectivity index (χ4v) is 2.23. The molecule has 26 heavy (non-hydrogen) atoms. The normalized spacial score (nSPS) is 9.92. The zero-order chi connectivity index (χ0) is 18.9. The van der Waals surface area contributed by atoms with E-state index in [0.717, 1.165) is 0 Å². The van der Waals surface area contributed by atoms with Crippen LogP contribution in [0.25, 0.3) is 0 Å². The molecule has 0 spiro atoms. The summed E-state index contributed by atoms with van der Waals surface area (Å²) < 4.78 is 9.95. The summed E-state index contributed by atoms with van der Waals surface area (Å²) in [5, 5.41) is 5.19. The number of nitrogens with one attached hydrogen (secondary N) is 2. The molecule has 7 heteroatoms. The van der Waals surface area contributed by atoms with Crippen LogP contribution in [0.2, 0.25) is 0 Å². The molecule has 0 aliphatic heterocycles. The largest absolute Gasteiger partial charge is 0.462 e. The fraction of sp³-hybridized carbons (Fsp3) is 0.211. The lowest BCUT2D eigenvalue weighted by Crippen LogP contribution is -2.23. The SMILES string of the molecule is CCOC(=O)c1ccccc1NC(=O)Nc1ccccc1C(=O)OCC. The number of rotatable bonds is 6. The van der Waals surface area contributed by atoms with Crippen molar-refractivity contribution in [3.63, 3.8) is 0 Å². The number of ether oxygens (including phenoxy) is 2. The molecule has 2 rings (SSSR count). The molecule has 2 aromatic carbocycles. The molecule has 0 radical (unpaired) electrons. The van der Waals surface area contributed by atoms with Crippen molar-refractivity contribution >= 4 is 29.3 Å². The van der Waals surface area contributed by atoms with E-state index in [0.29, 0.717) is 11.4 Å². The van der Waals surface area contributed by atoms with Crippen molar-refractivity contribution in [3.05, 3.63) is 59.7 Å².